The summed E-state index contributed by atoms with van der Waals surface area (Å²) >= 11 is 6.74. The van der Waals surface area contributed by atoms with Gasteiger partial charge in [0.05, 0.1) is 18.8 Å². The summed E-state index contributed by atoms with van der Waals surface area (Å²) in [5.74, 6) is 0.401. The molecule has 8 heteroatoms. The zero-order chi connectivity index (χ0) is 24.0. The first-order valence-corrected chi connectivity index (χ1v) is 12.7. The molecule has 1 unspecified atom stereocenters. The molecule has 0 bridgehead atoms. The van der Waals surface area contributed by atoms with Crippen LogP contribution in [-0.2, 0) is 14.3 Å². The summed E-state index contributed by atoms with van der Waals surface area (Å²) in [6, 6.07) is 0.159. The van der Waals surface area contributed by atoms with E-state index >= 15 is 0 Å². The summed E-state index contributed by atoms with van der Waals surface area (Å²) in [5.41, 5.74) is 6.87. The molecule has 33 heavy (non-hydrogen) atoms. The second-order valence-electron chi connectivity index (χ2n) is 9.47. The average molecular weight is 481 g/mol. The van der Waals surface area contributed by atoms with Gasteiger partial charge in [0.15, 0.2) is 5.70 Å². The Hall–Kier alpha value is -1.70. The Morgan fingerprint density at radius 3 is 2.64 bits per heavy atom. The highest BCUT2D eigenvalue weighted by Crippen LogP contribution is 2.48. The summed E-state index contributed by atoms with van der Waals surface area (Å²) in [7, 11) is 3.68. The number of likely N-dealkylation sites (tertiary alicyclic amines) is 1. The van der Waals surface area contributed by atoms with E-state index in [1.807, 2.05) is 31.0 Å². The van der Waals surface area contributed by atoms with Gasteiger partial charge < -0.3 is 30.3 Å². The van der Waals surface area contributed by atoms with Gasteiger partial charge in [-0.25, -0.2) is 4.79 Å². The molecule has 186 valence electrons. The highest BCUT2D eigenvalue weighted by molar-refractivity contribution is 6.20. The summed E-state index contributed by atoms with van der Waals surface area (Å²) in [4.78, 5) is 17.0. The Labute approximate surface area is 204 Å². The molecule has 2 aliphatic carbocycles. The van der Waals surface area contributed by atoms with Crippen molar-refractivity contribution >= 4 is 17.6 Å². The van der Waals surface area contributed by atoms with Crippen LogP contribution in [0.3, 0.4) is 0 Å². The van der Waals surface area contributed by atoms with Crippen LogP contribution in [0.5, 0.6) is 0 Å². The first-order chi connectivity index (χ1) is 15.8. The Morgan fingerprint density at radius 1 is 1.36 bits per heavy atom. The van der Waals surface area contributed by atoms with Crippen LogP contribution in [0, 0.1) is 5.41 Å². The fourth-order valence-electron chi connectivity index (χ4n) is 5.18. The predicted molar refractivity (Wildman–Crippen MR) is 132 cm³/mol. The standard InChI is InChI=1S/C25H41ClN4O3/c1-5-7-8-9-21(26)29(4)23(22(28-3)24(31)32-6-2)30-14-12-25(13-15-30)17-19(16-20(25)27)33-18-10-11-18/h5,7-8,18-21,28H,1,6,9-17,27H2,2-4H3/b8-7-,23-22+/t19-,20+,21?/m0/s1. The molecule has 0 aromatic rings. The van der Waals surface area contributed by atoms with E-state index in [1.165, 1.54) is 12.8 Å². The van der Waals surface area contributed by atoms with Crippen molar-refractivity contribution in [3.05, 3.63) is 36.3 Å². The highest BCUT2D eigenvalue weighted by atomic mass is 35.5. The van der Waals surface area contributed by atoms with E-state index in [0.717, 1.165) is 44.6 Å². The van der Waals surface area contributed by atoms with E-state index in [0.29, 0.717) is 24.8 Å². The number of carbonyl (C=O) groups excluding carboxylic acids is 1. The van der Waals surface area contributed by atoms with E-state index in [-0.39, 0.29) is 29.0 Å². The van der Waals surface area contributed by atoms with Crippen molar-refractivity contribution in [2.24, 2.45) is 11.1 Å². The summed E-state index contributed by atoms with van der Waals surface area (Å²) in [6.07, 6.45) is 13.3. The summed E-state index contributed by atoms with van der Waals surface area (Å²) in [5, 5.41) is 3.08. The van der Waals surface area contributed by atoms with Crippen LogP contribution in [0.4, 0.5) is 0 Å². The number of hydrogen-bond donors (Lipinski definition) is 2. The van der Waals surface area contributed by atoms with Gasteiger partial charge in [0.25, 0.3) is 0 Å². The molecule has 0 aromatic heterocycles. The number of likely N-dealkylation sites (N-methyl/N-ethyl adjacent to an activating group) is 1. The molecule has 1 heterocycles. The molecule has 1 spiro atoms. The largest absolute Gasteiger partial charge is 0.461 e. The maximum atomic E-state index is 12.8. The Kier molecular flexibility index (Phi) is 9.13. The van der Waals surface area contributed by atoms with Crippen LogP contribution in [0.25, 0.3) is 0 Å². The number of ether oxygens (including phenoxy) is 2. The minimum Gasteiger partial charge on any atom is -0.461 e. The van der Waals surface area contributed by atoms with E-state index in [4.69, 9.17) is 26.8 Å². The SMILES string of the molecule is C=C/C=C\CC(Cl)N(C)/C(=C(\NC)C(=O)OCC)N1CCC2(CC1)C[C@@H](OC1CC1)C[C@H]2N. The molecular weight excluding hydrogens is 440 g/mol. The molecule has 3 rings (SSSR count). The lowest BCUT2D eigenvalue weighted by atomic mass is 9.74. The van der Waals surface area contributed by atoms with Crippen LogP contribution in [0.15, 0.2) is 36.3 Å². The Morgan fingerprint density at radius 2 is 2.06 bits per heavy atom. The molecule has 0 aromatic carbocycles. The lowest BCUT2D eigenvalue weighted by molar-refractivity contribution is -0.139. The van der Waals surface area contributed by atoms with Crippen molar-refractivity contribution in [3.8, 4) is 0 Å². The van der Waals surface area contributed by atoms with Crippen molar-refractivity contribution in [2.45, 2.75) is 75.6 Å². The third kappa shape index (κ3) is 6.25. The zero-order valence-electron chi connectivity index (χ0n) is 20.4. The third-order valence-corrected chi connectivity index (χ3v) is 7.69. The summed E-state index contributed by atoms with van der Waals surface area (Å²) in [6.45, 7) is 7.45. The van der Waals surface area contributed by atoms with Gasteiger partial charge >= 0.3 is 5.97 Å². The average Bonchev–Trinajstić information content (AvgIpc) is 3.56. The first-order valence-electron chi connectivity index (χ1n) is 12.2. The van der Waals surface area contributed by atoms with Crippen LogP contribution in [-0.4, -0.2) is 73.3 Å². The molecule has 3 fully saturated rings. The second kappa shape index (κ2) is 11.6. The highest BCUT2D eigenvalue weighted by Gasteiger charge is 2.49. The van der Waals surface area contributed by atoms with Gasteiger partial charge in [0.1, 0.15) is 11.3 Å². The van der Waals surface area contributed by atoms with Crippen LogP contribution in [0.2, 0.25) is 0 Å². The van der Waals surface area contributed by atoms with Gasteiger partial charge in [-0.15, -0.1) is 0 Å². The monoisotopic (exact) mass is 480 g/mol. The number of piperidine rings is 1. The first kappa shape index (κ1) is 25.9. The number of carbonyl (C=O) groups is 1. The molecule has 3 atom stereocenters. The molecule has 7 nitrogen and oxygen atoms in total. The lowest BCUT2D eigenvalue weighted by Crippen LogP contribution is -2.50. The van der Waals surface area contributed by atoms with Crippen molar-refractivity contribution < 1.29 is 14.3 Å². The second-order valence-corrected chi connectivity index (χ2v) is 9.97. The van der Waals surface area contributed by atoms with Gasteiger partial charge in [0, 0.05) is 39.6 Å². The van der Waals surface area contributed by atoms with Crippen molar-refractivity contribution in [3.63, 3.8) is 0 Å². The van der Waals surface area contributed by atoms with Gasteiger partial charge in [0.2, 0.25) is 0 Å². The number of allylic oxidation sites excluding steroid dienone is 2. The van der Waals surface area contributed by atoms with Gasteiger partial charge in [-0.3, -0.25) is 0 Å². The number of nitrogens with one attached hydrogen (secondary N) is 1. The molecule has 0 amide bonds. The van der Waals surface area contributed by atoms with Gasteiger partial charge in [-0.1, -0.05) is 36.4 Å². The van der Waals surface area contributed by atoms with E-state index in [1.54, 1.807) is 13.1 Å². The maximum absolute atomic E-state index is 12.8. The number of esters is 1. The fourth-order valence-corrected chi connectivity index (χ4v) is 5.38. The molecule has 0 radical (unpaired) electrons. The van der Waals surface area contributed by atoms with Crippen molar-refractivity contribution in [2.75, 3.05) is 33.8 Å². The zero-order valence-corrected chi connectivity index (χ0v) is 21.2. The minimum absolute atomic E-state index is 0.108. The van der Waals surface area contributed by atoms with Gasteiger partial charge in [-0.2, -0.15) is 0 Å². The topological polar surface area (TPSA) is 80.1 Å². The normalized spacial score (nSPS) is 26.3. The van der Waals surface area contributed by atoms with Crippen LogP contribution < -0.4 is 11.1 Å². The lowest BCUT2D eigenvalue weighted by Gasteiger charge is -2.46. The van der Waals surface area contributed by atoms with Crippen molar-refractivity contribution in [1.82, 2.24) is 15.1 Å². The summed E-state index contributed by atoms with van der Waals surface area (Å²) < 4.78 is 11.6. The Balaban J connectivity index is 1.77. The molecule has 3 aliphatic rings. The number of nitrogens with zero attached hydrogens (tertiary/aromatic N) is 2. The van der Waals surface area contributed by atoms with Gasteiger partial charge in [-0.05, 0) is 50.9 Å². The number of hydrogen-bond acceptors (Lipinski definition) is 7. The van der Waals surface area contributed by atoms with Crippen LogP contribution in [0.1, 0.15) is 51.9 Å². The molecule has 1 aliphatic heterocycles. The van der Waals surface area contributed by atoms with E-state index in [2.05, 4.69) is 16.8 Å². The fraction of sp³-hybridized carbons (Fsp3) is 0.720. The molecule has 1 saturated heterocycles. The molecular formula is C25H41ClN4O3. The number of halogens is 1. The number of rotatable bonds is 11. The smallest absolute Gasteiger partial charge is 0.358 e. The third-order valence-electron chi connectivity index (χ3n) is 7.22. The maximum Gasteiger partial charge on any atom is 0.358 e. The number of alkyl halides is 1. The predicted octanol–water partition coefficient (Wildman–Crippen LogP) is 3.32. The van der Waals surface area contributed by atoms with E-state index in [9.17, 15) is 4.79 Å². The minimum atomic E-state index is -0.372. The van der Waals surface area contributed by atoms with Crippen molar-refractivity contribution in [1.29, 1.82) is 0 Å². The molecule has 2 saturated carbocycles. The van der Waals surface area contributed by atoms with E-state index < -0.39 is 0 Å². The van der Waals surface area contributed by atoms with Crippen LogP contribution >= 0.6 is 11.6 Å². The molecule has 3 N–H and O–H groups in total. The number of nitrogens with two attached hydrogens (primary N) is 1. The quantitative estimate of drug-likeness (QED) is 0.154. The Bertz CT molecular complexity index is 744.